The number of piperazine rings is 1. The maximum atomic E-state index is 13.7. The normalized spacial score (nSPS) is 17.1. The molecule has 5 rings (SSSR count). The molecule has 2 aromatic heterocycles. The van der Waals surface area contributed by atoms with Crippen LogP contribution in [-0.2, 0) is 4.79 Å². The van der Waals surface area contributed by atoms with Gasteiger partial charge in [-0.15, -0.1) is 0 Å². The number of nitrogens with zero attached hydrogens (tertiary/aromatic N) is 5. The first kappa shape index (κ1) is 28.3. The van der Waals surface area contributed by atoms with Gasteiger partial charge in [0.2, 0.25) is 0 Å². The molecular formula is C30H34FN5O2S2. The average Bonchev–Trinajstić information content (AvgIpc) is 3.24. The SMILES string of the molecule is CCCCCCCCN1C(=O)C(=Cc2c(N3CCN(c4ccc(F)cc4)CC3)nc3ccccn3c2=O)SC1=S. The number of hydrogen-bond donors (Lipinski definition) is 0. The molecule has 2 aliphatic heterocycles. The summed E-state index contributed by atoms with van der Waals surface area (Å²) in [5.74, 6) is 0.162. The highest BCUT2D eigenvalue weighted by molar-refractivity contribution is 8.26. The Bertz CT molecular complexity index is 1470. The molecule has 2 aliphatic rings. The van der Waals surface area contributed by atoms with Gasteiger partial charge in [-0.2, -0.15) is 0 Å². The van der Waals surface area contributed by atoms with E-state index >= 15 is 0 Å². The number of carbonyl (C=O) groups is 1. The lowest BCUT2D eigenvalue weighted by molar-refractivity contribution is -0.122. The third-order valence-electron chi connectivity index (χ3n) is 7.40. The van der Waals surface area contributed by atoms with Crippen LogP contribution in [0.4, 0.5) is 15.9 Å². The molecule has 1 aromatic carbocycles. The van der Waals surface area contributed by atoms with Gasteiger partial charge in [-0.05, 0) is 48.9 Å². The molecule has 0 aliphatic carbocycles. The lowest BCUT2D eigenvalue weighted by atomic mass is 10.1. The summed E-state index contributed by atoms with van der Waals surface area (Å²) in [7, 11) is 0. The van der Waals surface area contributed by atoms with Crippen molar-refractivity contribution in [2.75, 3.05) is 42.5 Å². The van der Waals surface area contributed by atoms with E-state index in [1.165, 1.54) is 47.6 Å². The van der Waals surface area contributed by atoms with E-state index in [0.29, 0.717) is 59.0 Å². The summed E-state index contributed by atoms with van der Waals surface area (Å²) < 4.78 is 15.5. The van der Waals surface area contributed by atoms with E-state index in [4.69, 9.17) is 17.2 Å². The van der Waals surface area contributed by atoms with Gasteiger partial charge in [-0.1, -0.05) is 69.1 Å². The van der Waals surface area contributed by atoms with Gasteiger partial charge in [-0.3, -0.25) is 18.9 Å². The molecule has 0 saturated carbocycles. The predicted octanol–water partition coefficient (Wildman–Crippen LogP) is 5.72. The first-order valence-electron chi connectivity index (χ1n) is 14.0. The average molecular weight is 580 g/mol. The van der Waals surface area contributed by atoms with Crippen LogP contribution < -0.4 is 15.4 Å². The van der Waals surface area contributed by atoms with Crippen LogP contribution in [-0.4, -0.2) is 57.2 Å². The van der Waals surface area contributed by atoms with Gasteiger partial charge in [-0.25, -0.2) is 9.37 Å². The van der Waals surface area contributed by atoms with Gasteiger partial charge in [0, 0.05) is 44.6 Å². The molecule has 0 unspecified atom stereocenters. The number of benzene rings is 1. The summed E-state index contributed by atoms with van der Waals surface area (Å²) in [6, 6.07) is 12.0. The van der Waals surface area contributed by atoms with Crippen LogP contribution in [0.2, 0.25) is 0 Å². The quantitative estimate of drug-likeness (QED) is 0.173. The molecule has 1 amide bonds. The minimum atomic E-state index is -0.259. The number of carbonyl (C=O) groups excluding carboxylic acids is 1. The maximum Gasteiger partial charge on any atom is 0.267 e. The monoisotopic (exact) mass is 579 g/mol. The fourth-order valence-corrected chi connectivity index (χ4v) is 6.45. The van der Waals surface area contributed by atoms with Gasteiger partial charge in [0.05, 0.1) is 10.5 Å². The zero-order valence-electron chi connectivity index (χ0n) is 22.7. The van der Waals surface area contributed by atoms with Crippen molar-refractivity contribution in [1.29, 1.82) is 0 Å². The van der Waals surface area contributed by atoms with Crippen molar-refractivity contribution in [2.45, 2.75) is 45.4 Å². The number of pyridine rings is 1. The van der Waals surface area contributed by atoms with E-state index in [-0.39, 0.29) is 17.3 Å². The van der Waals surface area contributed by atoms with Crippen molar-refractivity contribution in [3.05, 3.63) is 75.3 Å². The molecule has 0 bridgehead atoms. The lowest BCUT2D eigenvalue weighted by Crippen LogP contribution is -2.47. The minimum Gasteiger partial charge on any atom is -0.368 e. The number of halogens is 1. The zero-order valence-corrected chi connectivity index (χ0v) is 24.4. The van der Waals surface area contributed by atoms with Gasteiger partial charge in [0.15, 0.2) is 0 Å². The number of thiocarbonyl (C=S) groups is 1. The summed E-state index contributed by atoms with van der Waals surface area (Å²) in [4.78, 5) is 38.3. The fourth-order valence-electron chi connectivity index (χ4n) is 5.16. The number of unbranched alkanes of at least 4 members (excludes halogenated alkanes) is 5. The second-order valence-electron chi connectivity index (χ2n) is 10.1. The molecular weight excluding hydrogens is 545 g/mol. The fraction of sp³-hybridized carbons (Fsp3) is 0.400. The Morgan fingerprint density at radius 3 is 2.40 bits per heavy atom. The van der Waals surface area contributed by atoms with Crippen LogP contribution in [0.1, 0.15) is 51.0 Å². The van der Waals surface area contributed by atoms with Crippen LogP contribution in [0.15, 0.2) is 58.4 Å². The van der Waals surface area contributed by atoms with Gasteiger partial charge in [0.1, 0.15) is 21.6 Å². The van der Waals surface area contributed by atoms with Crippen LogP contribution in [0.3, 0.4) is 0 Å². The number of aromatic nitrogens is 2. The summed E-state index contributed by atoms with van der Waals surface area (Å²) in [5.41, 5.74) is 1.68. The highest BCUT2D eigenvalue weighted by atomic mass is 32.2. The van der Waals surface area contributed by atoms with Crippen LogP contribution in [0.5, 0.6) is 0 Å². The standard InChI is InChI=1S/C30H34FN5O2S2/c1-2-3-4-5-6-8-16-36-29(38)25(40-30(36)39)21-24-27(32-26-10-7-9-15-35(26)28(24)37)34-19-17-33(18-20-34)23-13-11-22(31)12-14-23/h7,9-15,21H,2-6,8,16-20H2,1H3. The molecule has 0 atom stereocenters. The Labute approximate surface area is 243 Å². The molecule has 2 saturated heterocycles. The maximum absolute atomic E-state index is 13.7. The first-order chi connectivity index (χ1) is 19.5. The smallest absolute Gasteiger partial charge is 0.267 e. The Morgan fingerprint density at radius 1 is 0.950 bits per heavy atom. The second-order valence-corrected chi connectivity index (χ2v) is 11.8. The molecule has 3 aromatic rings. The molecule has 0 spiro atoms. The summed E-state index contributed by atoms with van der Waals surface area (Å²) >= 11 is 6.81. The first-order valence-corrected chi connectivity index (χ1v) is 15.2. The predicted molar refractivity (Wildman–Crippen MR) is 166 cm³/mol. The highest BCUT2D eigenvalue weighted by Crippen LogP contribution is 2.34. The van der Waals surface area contributed by atoms with Crippen molar-refractivity contribution in [1.82, 2.24) is 14.3 Å². The largest absolute Gasteiger partial charge is 0.368 e. The Hall–Kier alpha value is -3.24. The van der Waals surface area contributed by atoms with E-state index in [0.717, 1.165) is 24.9 Å². The number of rotatable bonds is 10. The van der Waals surface area contributed by atoms with Crippen LogP contribution >= 0.6 is 24.0 Å². The Balaban J connectivity index is 1.38. The number of amides is 1. The van der Waals surface area contributed by atoms with Crippen molar-refractivity contribution in [3.8, 4) is 0 Å². The molecule has 7 nitrogen and oxygen atoms in total. The summed E-state index contributed by atoms with van der Waals surface area (Å²) in [6.07, 6.45) is 10.2. The molecule has 0 radical (unpaired) electrons. The molecule has 4 heterocycles. The van der Waals surface area contributed by atoms with Gasteiger partial charge < -0.3 is 9.80 Å². The van der Waals surface area contributed by atoms with E-state index in [1.54, 1.807) is 35.4 Å². The van der Waals surface area contributed by atoms with Crippen LogP contribution in [0.25, 0.3) is 11.7 Å². The van der Waals surface area contributed by atoms with E-state index < -0.39 is 0 Å². The molecule has 0 N–H and O–H groups in total. The molecule has 10 heteroatoms. The molecule has 40 heavy (non-hydrogen) atoms. The highest BCUT2D eigenvalue weighted by Gasteiger charge is 2.33. The van der Waals surface area contributed by atoms with Crippen molar-refractivity contribution < 1.29 is 9.18 Å². The third-order valence-corrected chi connectivity index (χ3v) is 8.78. The molecule has 210 valence electrons. The third kappa shape index (κ3) is 6.23. The number of hydrogen-bond acceptors (Lipinski definition) is 7. The van der Waals surface area contributed by atoms with Crippen LogP contribution in [0, 0.1) is 5.82 Å². The topological polar surface area (TPSA) is 61.2 Å². The van der Waals surface area contributed by atoms with Crippen molar-refractivity contribution in [3.63, 3.8) is 0 Å². The zero-order chi connectivity index (χ0) is 28.1. The summed E-state index contributed by atoms with van der Waals surface area (Å²) in [6.45, 7) is 5.45. The lowest BCUT2D eigenvalue weighted by Gasteiger charge is -2.37. The van der Waals surface area contributed by atoms with E-state index in [2.05, 4.69) is 16.7 Å². The van der Waals surface area contributed by atoms with E-state index in [9.17, 15) is 14.0 Å². The van der Waals surface area contributed by atoms with Gasteiger partial charge >= 0.3 is 0 Å². The second kappa shape index (κ2) is 13.0. The number of thioether (sulfide) groups is 1. The number of fused-ring (bicyclic) bond motifs is 1. The van der Waals surface area contributed by atoms with Crippen molar-refractivity contribution in [2.24, 2.45) is 0 Å². The van der Waals surface area contributed by atoms with E-state index in [1.807, 2.05) is 12.1 Å². The Morgan fingerprint density at radius 2 is 1.65 bits per heavy atom. The Kier molecular flexibility index (Phi) is 9.16. The molecule has 2 fully saturated rings. The summed E-state index contributed by atoms with van der Waals surface area (Å²) in [5, 5.41) is 0. The van der Waals surface area contributed by atoms with Gasteiger partial charge in [0.25, 0.3) is 11.5 Å². The van der Waals surface area contributed by atoms with Crippen molar-refractivity contribution >= 4 is 57.4 Å². The number of anilines is 2. The minimum absolute atomic E-state index is 0.145.